The van der Waals surface area contributed by atoms with Gasteiger partial charge in [0, 0.05) is 39.1 Å². The van der Waals surface area contributed by atoms with Crippen LogP contribution in [0.4, 0.5) is 11.4 Å². The van der Waals surface area contributed by atoms with Gasteiger partial charge in [-0.3, -0.25) is 4.79 Å². The first-order valence-corrected chi connectivity index (χ1v) is 6.32. The Balaban J connectivity index is 2.50. The van der Waals surface area contributed by atoms with Gasteiger partial charge in [-0.15, -0.1) is 0 Å². The predicted molar refractivity (Wildman–Crippen MR) is 78.9 cm³/mol. The Labute approximate surface area is 114 Å². The van der Waals surface area contributed by atoms with Crippen molar-refractivity contribution >= 4 is 17.3 Å². The molecule has 0 atom stereocenters. The van der Waals surface area contributed by atoms with E-state index in [0.29, 0.717) is 13.2 Å². The Kier molecular flexibility index (Phi) is 6.32. The molecule has 5 heteroatoms. The lowest BCUT2D eigenvalue weighted by Crippen LogP contribution is -2.30. The lowest BCUT2D eigenvalue weighted by atomic mass is 10.1. The van der Waals surface area contributed by atoms with E-state index in [2.05, 4.69) is 10.6 Å². The zero-order chi connectivity index (χ0) is 14.3. The maximum absolute atomic E-state index is 11.7. The Morgan fingerprint density at radius 1 is 1.37 bits per heavy atom. The van der Waals surface area contributed by atoms with Crippen molar-refractivity contribution in [2.45, 2.75) is 6.92 Å². The standard InChI is InChI=1S/C14H23N3O2/c1-11-9-12(17(2)3)5-6-13(11)16-14(18)10-15-7-8-19-4/h5-6,9,15H,7-8,10H2,1-4H3,(H,16,18). The summed E-state index contributed by atoms with van der Waals surface area (Å²) in [4.78, 5) is 13.8. The van der Waals surface area contributed by atoms with Gasteiger partial charge in [0.2, 0.25) is 5.91 Å². The van der Waals surface area contributed by atoms with Crippen LogP contribution in [0.2, 0.25) is 0 Å². The highest BCUT2D eigenvalue weighted by Crippen LogP contribution is 2.21. The molecule has 0 fully saturated rings. The average Bonchev–Trinajstić information content (AvgIpc) is 2.37. The lowest BCUT2D eigenvalue weighted by Gasteiger charge is -2.15. The van der Waals surface area contributed by atoms with Crippen molar-refractivity contribution < 1.29 is 9.53 Å². The number of carbonyl (C=O) groups is 1. The van der Waals surface area contributed by atoms with Crippen LogP contribution in [0.15, 0.2) is 18.2 Å². The van der Waals surface area contributed by atoms with Crippen LogP contribution in [0.5, 0.6) is 0 Å². The van der Waals surface area contributed by atoms with E-state index in [0.717, 1.165) is 16.9 Å². The van der Waals surface area contributed by atoms with Gasteiger partial charge in [0.25, 0.3) is 0 Å². The molecule has 0 radical (unpaired) electrons. The Morgan fingerprint density at radius 3 is 2.68 bits per heavy atom. The molecule has 5 nitrogen and oxygen atoms in total. The van der Waals surface area contributed by atoms with Gasteiger partial charge in [-0.1, -0.05) is 0 Å². The van der Waals surface area contributed by atoms with E-state index in [4.69, 9.17) is 4.74 Å². The molecule has 0 spiro atoms. The first kappa shape index (κ1) is 15.5. The maximum atomic E-state index is 11.7. The molecule has 1 aromatic rings. The highest BCUT2D eigenvalue weighted by molar-refractivity contribution is 5.93. The van der Waals surface area contributed by atoms with Crippen LogP contribution in [0.1, 0.15) is 5.56 Å². The summed E-state index contributed by atoms with van der Waals surface area (Å²) in [5.41, 5.74) is 3.02. The second-order valence-corrected chi connectivity index (χ2v) is 4.61. The van der Waals surface area contributed by atoms with Crippen LogP contribution < -0.4 is 15.5 Å². The van der Waals surface area contributed by atoms with Crippen molar-refractivity contribution in [3.05, 3.63) is 23.8 Å². The normalized spacial score (nSPS) is 10.3. The van der Waals surface area contributed by atoms with E-state index >= 15 is 0 Å². The van der Waals surface area contributed by atoms with E-state index in [1.807, 2.05) is 44.1 Å². The summed E-state index contributed by atoms with van der Waals surface area (Å²) in [6, 6.07) is 5.96. The average molecular weight is 265 g/mol. The van der Waals surface area contributed by atoms with E-state index in [1.165, 1.54) is 0 Å². The number of anilines is 2. The first-order valence-electron chi connectivity index (χ1n) is 6.32. The van der Waals surface area contributed by atoms with Crippen LogP contribution in [0.3, 0.4) is 0 Å². The van der Waals surface area contributed by atoms with E-state index in [1.54, 1.807) is 7.11 Å². The van der Waals surface area contributed by atoms with Crippen LogP contribution in [0, 0.1) is 6.92 Å². The zero-order valence-corrected chi connectivity index (χ0v) is 12.1. The van der Waals surface area contributed by atoms with Crippen LogP contribution in [-0.2, 0) is 9.53 Å². The Bertz CT molecular complexity index is 419. The van der Waals surface area contributed by atoms with Crippen molar-refractivity contribution in [3.63, 3.8) is 0 Å². The molecule has 0 aromatic heterocycles. The third kappa shape index (κ3) is 5.28. The number of hydrogen-bond acceptors (Lipinski definition) is 4. The van der Waals surface area contributed by atoms with Crippen molar-refractivity contribution in [3.8, 4) is 0 Å². The quantitative estimate of drug-likeness (QED) is 0.728. The molecule has 0 heterocycles. The van der Waals surface area contributed by atoms with Gasteiger partial charge < -0.3 is 20.3 Å². The van der Waals surface area contributed by atoms with Crippen LogP contribution in [0.25, 0.3) is 0 Å². The minimum atomic E-state index is -0.0446. The van der Waals surface area contributed by atoms with Gasteiger partial charge in [0.05, 0.1) is 13.2 Å². The van der Waals surface area contributed by atoms with E-state index in [9.17, 15) is 4.79 Å². The van der Waals surface area contributed by atoms with Gasteiger partial charge >= 0.3 is 0 Å². The summed E-state index contributed by atoms with van der Waals surface area (Å²) in [6.45, 7) is 3.55. The summed E-state index contributed by atoms with van der Waals surface area (Å²) in [6.07, 6.45) is 0. The number of nitrogens with zero attached hydrogens (tertiary/aromatic N) is 1. The molecule has 2 N–H and O–H groups in total. The molecule has 0 aliphatic carbocycles. The first-order chi connectivity index (χ1) is 9.04. The number of carbonyl (C=O) groups excluding carboxylic acids is 1. The molecular weight excluding hydrogens is 242 g/mol. The van der Waals surface area contributed by atoms with Crippen molar-refractivity contribution in [2.75, 3.05) is 51.1 Å². The molecule has 0 aliphatic heterocycles. The van der Waals surface area contributed by atoms with E-state index < -0.39 is 0 Å². The summed E-state index contributed by atoms with van der Waals surface area (Å²) in [5, 5.41) is 5.90. The lowest BCUT2D eigenvalue weighted by molar-refractivity contribution is -0.115. The molecule has 106 valence electrons. The number of methoxy groups -OCH3 is 1. The number of benzene rings is 1. The Hall–Kier alpha value is -1.59. The summed E-state index contributed by atoms with van der Waals surface area (Å²) in [5.74, 6) is -0.0446. The second kappa shape index (κ2) is 7.76. The largest absolute Gasteiger partial charge is 0.383 e. The number of hydrogen-bond donors (Lipinski definition) is 2. The van der Waals surface area contributed by atoms with Crippen LogP contribution >= 0.6 is 0 Å². The second-order valence-electron chi connectivity index (χ2n) is 4.61. The maximum Gasteiger partial charge on any atom is 0.238 e. The molecule has 0 saturated carbocycles. The molecular formula is C14H23N3O2. The Morgan fingerprint density at radius 2 is 2.11 bits per heavy atom. The minimum Gasteiger partial charge on any atom is -0.383 e. The van der Waals surface area contributed by atoms with Gasteiger partial charge in [-0.25, -0.2) is 0 Å². The highest BCUT2D eigenvalue weighted by atomic mass is 16.5. The zero-order valence-electron chi connectivity index (χ0n) is 12.1. The SMILES string of the molecule is COCCNCC(=O)Nc1ccc(N(C)C)cc1C. The highest BCUT2D eigenvalue weighted by Gasteiger charge is 2.05. The molecule has 0 unspecified atom stereocenters. The fourth-order valence-electron chi connectivity index (χ4n) is 1.64. The van der Waals surface area contributed by atoms with Crippen molar-refractivity contribution in [1.82, 2.24) is 5.32 Å². The molecule has 1 amide bonds. The summed E-state index contributed by atoms with van der Waals surface area (Å²) < 4.78 is 4.90. The van der Waals surface area contributed by atoms with Crippen LogP contribution in [-0.4, -0.2) is 46.8 Å². The van der Waals surface area contributed by atoms with Gasteiger partial charge in [0.1, 0.15) is 0 Å². The summed E-state index contributed by atoms with van der Waals surface area (Å²) in [7, 11) is 5.62. The fraction of sp³-hybridized carbons (Fsp3) is 0.500. The van der Waals surface area contributed by atoms with E-state index in [-0.39, 0.29) is 12.5 Å². The summed E-state index contributed by atoms with van der Waals surface area (Å²) >= 11 is 0. The number of aryl methyl sites for hydroxylation is 1. The minimum absolute atomic E-state index is 0.0446. The smallest absolute Gasteiger partial charge is 0.238 e. The molecule has 0 saturated heterocycles. The van der Waals surface area contributed by atoms with Gasteiger partial charge in [-0.2, -0.15) is 0 Å². The molecule has 0 aliphatic rings. The third-order valence-corrected chi connectivity index (χ3v) is 2.77. The fourth-order valence-corrected chi connectivity index (χ4v) is 1.64. The monoisotopic (exact) mass is 265 g/mol. The van der Waals surface area contributed by atoms with Gasteiger partial charge in [0.15, 0.2) is 0 Å². The third-order valence-electron chi connectivity index (χ3n) is 2.77. The number of amides is 1. The number of nitrogens with one attached hydrogen (secondary N) is 2. The molecule has 19 heavy (non-hydrogen) atoms. The van der Waals surface area contributed by atoms with Gasteiger partial charge in [-0.05, 0) is 30.7 Å². The number of ether oxygens (including phenoxy) is 1. The van der Waals surface area contributed by atoms with Crippen molar-refractivity contribution in [2.24, 2.45) is 0 Å². The molecule has 1 rings (SSSR count). The topological polar surface area (TPSA) is 53.6 Å². The van der Waals surface area contributed by atoms with Crippen molar-refractivity contribution in [1.29, 1.82) is 0 Å². The number of rotatable bonds is 7. The molecule has 1 aromatic carbocycles. The predicted octanol–water partition coefficient (Wildman–Crippen LogP) is 1.24. The molecule has 0 bridgehead atoms.